The topological polar surface area (TPSA) is 46.5 Å². The summed E-state index contributed by atoms with van der Waals surface area (Å²) in [7, 11) is 0. The second kappa shape index (κ2) is 5.74. The predicted molar refractivity (Wildman–Crippen MR) is 73.6 cm³/mol. The van der Waals surface area contributed by atoms with Gasteiger partial charge in [-0.15, -0.1) is 0 Å². The van der Waals surface area contributed by atoms with E-state index in [1.807, 2.05) is 32.0 Å². The summed E-state index contributed by atoms with van der Waals surface area (Å²) in [6, 6.07) is 9.67. The molecule has 0 aliphatic rings. The van der Waals surface area contributed by atoms with E-state index in [2.05, 4.69) is 0 Å². The summed E-state index contributed by atoms with van der Waals surface area (Å²) in [6.45, 7) is 4.20. The van der Waals surface area contributed by atoms with Crippen molar-refractivity contribution in [3.63, 3.8) is 0 Å². The van der Waals surface area contributed by atoms with Crippen LogP contribution in [0.15, 0.2) is 36.4 Å². The Morgan fingerprint density at radius 2 is 1.90 bits per heavy atom. The van der Waals surface area contributed by atoms with E-state index in [9.17, 15) is 9.18 Å². The molecule has 0 saturated heterocycles. The normalized spacial score (nSPS) is 10.3. The molecular weight excluding hydrogens is 259 g/mol. The molecular formula is C16H15FO3. The standard InChI is InChI=1S/C16H15FO3/c1-10-3-5-13(7-11(10)2)20-9-12-4-6-15(17)14(8-12)16(18)19/h3-8H,9H2,1-2H3,(H,18,19). The van der Waals surface area contributed by atoms with E-state index in [0.717, 1.165) is 11.6 Å². The number of hydrogen-bond acceptors (Lipinski definition) is 2. The minimum Gasteiger partial charge on any atom is -0.489 e. The average molecular weight is 274 g/mol. The summed E-state index contributed by atoms with van der Waals surface area (Å²) in [5, 5.41) is 8.86. The smallest absolute Gasteiger partial charge is 0.338 e. The molecule has 0 bridgehead atoms. The Labute approximate surface area is 116 Å². The number of carbonyl (C=O) groups is 1. The molecule has 4 heteroatoms. The Balaban J connectivity index is 2.12. The fraction of sp³-hybridized carbons (Fsp3) is 0.188. The minimum absolute atomic E-state index is 0.197. The van der Waals surface area contributed by atoms with Gasteiger partial charge < -0.3 is 9.84 Å². The van der Waals surface area contributed by atoms with E-state index in [0.29, 0.717) is 11.3 Å². The first-order chi connectivity index (χ1) is 9.47. The van der Waals surface area contributed by atoms with Gasteiger partial charge in [0.2, 0.25) is 0 Å². The summed E-state index contributed by atoms with van der Waals surface area (Å²) in [4.78, 5) is 10.8. The van der Waals surface area contributed by atoms with Gasteiger partial charge in [-0.25, -0.2) is 9.18 Å². The first-order valence-electron chi connectivity index (χ1n) is 6.19. The van der Waals surface area contributed by atoms with E-state index < -0.39 is 11.8 Å². The highest BCUT2D eigenvalue weighted by Crippen LogP contribution is 2.18. The van der Waals surface area contributed by atoms with E-state index in [4.69, 9.17) is 9.84 Å². The molecule has 0 aromatic heterocycles. The number of carboxylic acid groups (broad SMARTS) is 1. The summed E-state index contributed by atoms with van der Waals surface area (Å²) in [5.41, 5.74) is 2.56. The molecule has 0 heterocycles. The Hall–Kier alpha value is -2.36. The highest BCUT2D eigenvalue weighted by Gasteiger charge is 2.11. The zero-order chi connectivity index (χ0) is 14.7. The molecule has 0 saturated carbocycles. The Morgan fingerprint density at radius 3 is 2.55 bits per heavy atom. The summed E-state index contributed by atoms with van der Waals surface area (Å²) >= 11 is 0. The maximum atomic E-state index is 13.3. The van der Waals surface area contributed by atoms with Gasteiger partial charge >= 0.3 is 5.97 Å². The summed E-state index contributed by atoms with van der Waals surface area (Å²) in [6.07, 6.45) is 0. The number of carboxylic acids is 1. The van der Waals surface area contributed by atoms with E-state index in [-0.39, 0.29) is 12.2 Å². The van der Waals surface area contributed by atoms with Crippen LogP contribution in [0.25, 0.3) is 0 Å². The maximum Gasteiger partial charge on any atom is 0.338 e. The van der Waals surface area contributed by atoms with Crippen molar-refractivity contribution < 1.29 is 19.0 Å². The molecule has 0 radical (unpaired) electrons. The number of ether oxygens (including phenoxy) is 1. The molecule has 0 spiro atoms. The van der Waals surface area contributed by atoms with E-state index in [1.165, 1.54) is 17.7 Å². The van der Waals surface area contributed by atoms with Crippen LogP contribution in [0, 0.1) is 19.7 Å². The van der Waals surface area contributed by atoms with Gasteiger partial charge in [0, 0.05) is 0 Å². The van der Waals surface area contributed by atoms with Crippen molar-refractivity contribution in [1.29, 1.82) is 0 Å². The number of aryl methyl sites for hydroxylation is 2. The van der Waals surface area contributed by atoms with E-state index in [1.54, 1.807) is 0 Å². The molecule has 0 aliphatic heterocycles. The van der Waals surface area contributed by atoms with Crippen LogP contribution in [-0.2, 0) is 6.61 Å². The van der Waals surface area contributed by atoms with Crippen LogP contribution in [-0.4, -0.2) is 11.1 Å². The van der Waals surface area contributed by atoms with Crippen molar-refractivity contribution in [3.05, 3.63) is 64.5 Å². The van der Waals surface area contributed by atoms with Gasteiger partial charge in [0.1, 0.15) is 18.2 Å². The maximum absolute atomic E-state index is 13.3. The number of benzene rings is 2. The largest absolute Gasteiger partial charge is 0.489 e. The predicted octanol–water partition coefficient (Wildman–Crippen LogP) is 3.72. The monoisotopic (exact) mass is 274 g/mol. The molecule has 2 aromatic rings. The molecule has 104 valence electrons. The minimum atomic E-state index is -1.28. The van der Waals surface area contributed by atoms with Crippen LogP contribution >= 0.6 is 0 Å². The van der Waals surface area contributed by atoms with Crippen molar-refractivity contribution in [2.75, 3.05) is 0 Å². The third-order valence-corrected chi connectivity index (χ3v) is 3.15. The van der Waals surface area contributed by atoms with E-state index >= 15 is 0 Å². The number of hydrogen-bond donors (Lipinski definition) is 1. The van der Waals surface area contributed by atoms with Crippen LogP contribution in [0.5, 0.6) is 5.75 Å². The first-order valence-corrected chi connectivity index (χ1v) is 6.19. The summed E-state index contributed by atoms with van der Waals surface area (Å²) in [5.74, 6) is -1.32. The van der Waals surface area contributed by atoms with Crippen LogP contribution in [0.3, 0.4) is 0 Å². The van der Waals surface area contributed by atoms with Crippen molar-refractivity contribution in [2.45, 2.75) is 20.5 Å². The molecule has 2 aromatic carbocycles. The fourth-order valence-electron chi connectivity index (χ4n) is 1.80. The van der Waals surface area contributed by atoms with Crippen molar-refractivity contribution >= 4 is 5.97 Å². The number of halogens is 1. The van der Waals surface area contributed by atoms with Crippen LogP contribution in [0.1, 0.15) is 27.0 Å². The summed E-state index contributed by atoms with van der Waals surface area (Å²) < 4.78 is 18.8. The lowest BCUT2D eigenvalue weighted by atomic mass is 10.1. The molecule has 0 amide bonds. The first kappa shape index (κ1) is 14.1. The SMILES string of the molecule is Cc1ccc(OCc2ccc(F)c(C(=O)O)c2)cc1C. The van der Waals surface area contributed by atoms with Gasteiger partial charge in [0.15, 0.2) is 0 Å². The van der Waals surface area contributed by atoms with Crippen LogP contribution in [0.4, 0.5) is 4.39 Å². The van der Waals surface area contributed by atoms with Gasteiger partial charge in [-0.3, -0.25) is 0 Å². The highest BCUT2D eigenvalue weighted by atomic mass is 19.1. The van der Waals surface area contributed by atoms with Crippen LogP contribution < -0.4 is 4.74 Å². The highest BCUT2D eigenvalue weighted by molar-refractivity contribution is 5.88. The molecule has 1 N–H and O–H groups in total. The van der Waals surface area contributed by atoms with Crippen LogP contribution in [0.2, 0.25) is 0 Å². The Kier molecular flexibility index (Phi) is 4.03. The average Bonchev–Trinajstić information content (AvgIpc) is 2.41. The molecule has 0 unspecified atom stereocenters. The Morgan fingerprint density at radius 1 is 1.15 bits per heavy atom. The van der Waals surface area contributed by atoms with Crippen molar-refractivity contribution in [2.24, 2.45) is 0 Å². The zero-order valence-corrected chi connectivity index (χ0v) is 11.3. The van der Waals surface area contributed by atoms with Gasteiger partial charge in [-0.2, -0.15) is 0 Å². The van der Waals surface area contributed by atoms with Gasteiger partial charge in [-0.05, 0) is 54.8 Å². The van der Waals surface area contributed by atoms with Crippen molar-refractivity contribution in [1.82, 2.24) is 0 Å². The van der Waals surface area contributed by atoms with Gasteiger partial charge in [0.25, 0.3) is 0 Å². The van der Waals surface area contributed by atoms with Gasteiger partial charge in [-0.1, -0.05) is 12.1 Å². The second-order valence-corrected chi connectivity index (χ2v) is 4.65. The second-order valence-electron chi connectivity index (χ2n) is 4.65. The number of rotatable bonds is 4. The molecule has 2 rings (SSSR count). The molecule has 0 aliphatic carbocycles. The molecule has 3 nitrogen and oxygen atoms in total. The molecule has 0 atom stereocenters. The third kappa shape index (κ3) is 3.15. The zero-order valence-electron chi connectivity index (χ0n) is 11.3. The van der Waals surface area contributed by atoms with Crippen molar-refractivity contribution in [3.8, 4) is 5.75 Å². The molecule has 0 fully saturated rings. The lowest BCUT2D eigenvalue weighted by Crippen LogP contribution is -2.03. The van der Waals surface area contributed by atoms with Gasteiger partial charge in [0.05, 0.1) is 5.56 Å². The Bertz CT molecular complexity index is 650. The number of aromatic carboxylic acids is 1. The fourth-order valence-corrected chi connectivity index (χ4v) is 1.80. The lowest BCUT2D eigenvalue weighted by molar-refractivity contribution is 0.0691. The quantitative estimate of drug-likeness (QED) is 0.924. The lowest BCUT2D eigenvalue weighted by Gasteiger charge is -2.09. The molecule has 20 heavy (non-hydrogen) atoms. The third-order valence-electron chi connectivity index (χ3n) is 3.15.